The molecule has 0 bridgehead atoms. The fourth-order valence-electron chi connectivity index (χ4n) is 5.86. The first-order valence-electron chi connectivity index (χ1n) is 16.1. The third-order valence-electron chi connectivity index (χ3n) is 8.49. The highest BCUT2D eigenvalue weighted by Gasteiger charge is 2.25. The number of halogens is 1. The zero-order valence-electron chi connectivity index (χ0n) is 27.4. The van der Waals surface area contributed by atoms with E-state index in [4.69, 9.17) is 15.7 Å². The molecule has 12 heteroatoms. The molecule has 1 fully saturated rings. The van der Waals surface area contributed by atoms with Crippen molar-refractivity contribution in [1.29, 1.82) is 0 Å². The van der Waals surface area contributed by atoms with Crippen LogP contribution in [0, 0.1) is 0 Å². The molecule has 0 radical (unpaired) electrons. The number of aliphatic hydroxyl groups excluding tert-OH is 1. The Kier molecular flexibility index (Phi) is 13.4. The number of aromatic nitrogens is 4. The molecule has 4 N–H and O–H groups in total. The summed E-state index contributed by atoms with van der Waals surface area (Å²) in [4.78, 5) is 28.1. The molecular weight excluding hydrogens is 616 g/mol. The Bertz CT molecular complexity index is 1690. The summed E-state index contributed by atoms with van der Waals surface area (Å²) < 4.78 is 15.6. The average Bonchev–Trinajstić information content (AvgIpc) is 3.60. The summed E-state index contributed by atoms with van der Waals surface area (Å²) in [5, 5.41) is 13.0. The van der Waals surface area contributed by atoms with Gasteiger partial charge < -0.3 is 10.8 Å². The second-order valence-corrected chi connectivity index (χ2v) is 12.3. The second-order valence-electron chi connectivity index (χ2n) is 11.9. The number of aliphatic imine (C=N–C) groups is 1. The summed E-state index contributed by atoms with van der Waals surface area (Å²) in [6.45, 7) is 4.88. The number of nitrogens with two attached hydrogens (primary N) is 1. The van der Waals surface area contributed by atoms with E-state index >= 15 is 0 Å². The van der Waals surface area contributed by atoms with Gasteiger partial charge in [0.15, 0.2) is 5.84 Å². The first-order valence-corrected chi connectivity index (χ1v) is 16.9. The SMILES string of the molecule is C=CN=C(NOC)c1ccccc1-c1ccc(Cc2c(CCC)n3ncnc3n(C3CCCCC3)c2=O)cc1.NC(CO)(CF)CP. The van der Waals surface area contributed by atoms with Gasteiger partial charge in [0.2, 0.25) is 5.78 Å². The molecule has 2 unspecified atom stereocenters. The van der Waals surface area contributed by atoms with Crippen LogP contribution in [0.2, 0.25) is 0 Å². The van der Waals surface area contributed by atoms with E-state index in [1.807, 2.05) is 27.3 Å². The minimum absolute atomic E-state index is 0.0798. The lowest BCUT2D eigenvalue weighted by molar-refractivity contribution is 0.145. The standard InChI is InChI=1S/C31H36N6O2.C4H11FNOP/c1-4-11-28-27(30(38)36(24-12-7-6-8-13-24)31-33-21-34-37(28)31)20-22-16-18-23(19-17-22)25-14-9-10-15-26(25)29(32-5-2)35-39-3;5-1-4(6,2-7)3-8/h5,9-10,14-19,21,24H,2,4,6-8,11-13,20H2,1,3H3,(H,32,35);7H,1-3,6,8H2. The van der Waals surface area contributed by atoms with Crippen molar-refractivity contribution in [3.8, 4) is 11.1 Å². The Balaban J connectivity index is 0.000000555. The molecule has 1 aliphatic carbocycles. The highest BCUT2D eigenvalue weighted by molar-refractivity contribution is 7.16. The zero-order chi connectivity index (χ0) is 33.8. The highest BCUT2D eigenvalue weighted by atomic mass is 31.0. The van der Waals surface area contributed by atoms with E-state index in [9.17, 15) is 9.18 Å². The van der Waals surface area contributed by atoms with Gasteiger partial charge in [0.1, 0.15) is 13.0 Å². The largest absolute Gasteiger partial charge is 0.394 e. The van der Waals surface area contributed by atoms with Gasteiger partial charge in [-0.05, 0) is 42.1 Å². The van der Waals surface area contributed by atoms with E-state index in [2.05, 4.69) is 73.6 Å². The van der Waals surface area contributed by atoms with Crippen LogP contribution in [-0.4, -0.2) is 62.2 Å². The number of amidine groups is 1. The van der Waals surface area contributed by atoms with Crippen LogP contribution in [0.1, 0.15) is 73.9 Å². The minimum atomic E-state index is -1.02. The Labute approximate surface area is 278 Å². The average molecular weight is 664 g/mol. The van der Waals surface area contributed by atoms with Crippen LogP contribution in [-0.2, 0) is 17.7 Å². The summed E-state index contributed by atoms with van der Waals surface area (Å²) in [7, 11) is 3.85. The van der Waals surface area contributed by atoms with Crippen LogP contribution >= 0.6 is 9.24 Å². The maximum absolute atomic E-state index is 14.1. The maximum atomic E-state index is 14.1. The van der Waals surface area contributed by atoms with Gasteiger partial charge in [0.25, 0.3) is 5.56 Å². The summed E-state index contributed by atoms with van der Waals surface area (Å²) in [6.07, 6.45) is 11.2. The molecule has 252 valence electrons. The number of nitrogens with one attached hydrogen (secondary N) is 1. The summed E-state index contributed by atoms with van der Waals surface area (Å²) in [5.74, 6) is 1.26. The molecule has 47 heavy (non-hydrogen) atoms. The van der Waals surface area contributed by atoms with Crippen molar-refractivity contribution in [1.82, 2.24) is 24.6 Å². The van der Waals surface area contributed by atoms with Crippen molar-refractivity contribution in [3.63, 3.8) is 0 Å². The van der Waals surface area contributed by atoms with E-state index in [1.54, 1.807) is 13.4 Å². The number of rotatable bonds is 12. The molecule has 1 aliphatic rings. The number of alkyl halides is 1. The molecule has 2 aromatic heterocycles. The van der Waals surface area contributed by atoms with Gasteiger partial charge >= 0.3 is 0 Å². The van der Waals surface area contributed by atoms with Crippen molar-refractivity contribution in [2.45, 2.75) is 69.9 Å². The van der Waals surface area contributed by atoms with E-state index in [-0.39, 0.29) is 18.2 Å². The number of benzene rings is 2. The number of hydroxylamine groups is 1. The molecule has 5 rings (SSSR count). The van der Waals surface area contributed by atoms with E-state index in [0.717, 1.165) is 72.0 Å². The van der Waals surface area contributed by atoms with Crippen LogP contribution < -0.4 is 16.8 Å². The van der Waals surface area contributed by atoms with Crippen LogP contribution in [0.5, 0.6) is 0 Å². The van der Waals surface area contributed by atoms with Crippen molar-refractivity contribution in [2.75, 3.05) is 26.6 Å². The Hall–Kier alpha value is -3.76. The number of aryl methyl sites for hydroxylation is 1. The fourth-order valence-corrected chi connectivity index (χ4v) is 6.10. The fraction of sp³-hybridized carbons (Fsp3) is 0.429. The van der Waals surface area contributed by atoms with Crippen LogP contribution in [0.3, 0.4) is 0 Å². The summed E-state index contributed by atoms with van der Waals surface area (Å²) >= 11 is 0. The van der Waals surface area contributed by atoms with Crippen LogP contribution in [0.4, 0.5) is 4.39 Å². The molecule has 2 atom stereocenters. The molecule has 0 spiro atoms. The third kappa shape index (κ3) is 8.59. The monoisotopic (exact) mass is 663 g/mol. The van der Waals surface area contributed by atoms with E-state index in [1.165, 1.54) is 12.6 Å². The smallest absolute Gasteiger partial charge is 0.259 e. The second kappa shape index (κ2) is 17.4. The molecule has 0 amide bonds. The van der Waals surface area contributed by atoms with Gasteiger partial charge in [-0.15, -0.1) is 9.24 Å². The molecule has 2 heterocycles. The van der Waals surface area contributed by atoms with Crippen molar-refractivity contribution >= 4 is 20.9 Å². The molecule has 4 aromatic rings. The van der Waals surface area contributed by atoms with Gasteiger partial charge in [0, 0.05) is 29.8 Å². The molecule has 1 saturated carbocycles. The van der Waals surface area contributed by atoms with Crippen molar-refractivity contribution in [2.24, 2.45) is 10.7 Å². The lowest BCUT2D eigenvalue weighted by atomic mass is 9.94. The van der Waals surface area contributed by atoms with E-state index < -0.39 is 12.2 Å². The predicted molar refractivity (Wildman–Crippen MR) is 189 cm³/mol. The van der Waals surface area contributed by atoms with Gasteiger partial charge in [-0.1, -0.05) is 87.7 Å². The Morgan fingerprint density at radius 3 is 2.55 bits per heavy atom. The number of fused-ring (bicyclic) bond motifs is 1. The minimum Gasteiger partial charge on any atom is -0.394 e. The topological polar surface area (TPSA) is 132 Å². The summed E-state index contributed by atoms with van der Waals surface area (Å²) in [6, 6.07) is 16.6. The molecule has 10 nitrogen and oxygen atoms in total. The number of hydrogen-bond donors (Lipinski definition) is 3. The molecule has 0 aliphatic heterocycles. The van der Waals surface area contributed by atoms with Crippen molar-refractivity contribution < 1.29 is 14.3 Å². The van der Waals surface area contributed by atoms with Gasteiger partial charge in [-0.25, -0.2) is 19.4 Å². The van der Waals surface area contributed by atoms with Gasteiger partial charge in [0.05, 0.1) is 24.9 Å². The van der Waals surface area contributed by atoms with Crippen molar-refractivity contribution in [3.05, 3.63) is 100 Å². The Morgan fingerprint density at radius 2 is 1.96 bits per heavy atom. The molecule has 0 saturated heterocycles. The first-order chi connectivity index (χ1) is 22.8. The number of hydrogen-bond acceptors (Lipinski definition) is 7. The van der Waals surface area contributed by atoms with Crippen LogP contribution in [0.25, 0.3) is 16.9 Å². The molecule has 2 aromatic carbocycles. The first kappa shape index (κ1) is 36.1. The normalized spacial score (nSPS) is 15.1. The maximum Gasteiger partial charge on any atom is 0.259 e. The Morgan fingerprint density at radius 1 is 1.23 bits per heavy atom. The quantitative estimate of drug-likeness (QED) is 0.0825. The summed E-state index contributed by atoms with van der Waals surface area (Å²) in [5.41, 5.74) is 13.0. The third-order valence-corrected chi connectivity index (χ3v) is 9.30. The van der Waals surface area contributed by atoms with Gasteiger partial charge in [-0.2, -0.15) is 10.1 Å². The predicted octanol–water partition coefficient (Wildman–Crippen LogP) is 5.17. The number of aliphatic hydroxyl groups is 1. The highest BCUT2D eigenvalue weighted by Crippen LogP contribution is 2.29. The molecular formula is C35H47FN7O3P. The lowest BCUT2D eigenvalue weighted by Crippen LogP contribution is -2.47. The van der Waals surface area contributed by atoms with Gasteiger partial charge in [-0.3, -0.25) is 14.2 Å². The number of nitrogens with zero attached hydrogens (tertiary/aromatic N) is 5. The van der Waals surface area contributed by atoms with Crippen LogP contribution in [0.15, 0.2) is 77.4 Å². The zero-order valence-corrected chi connectivity index (χ0v) is 28.5. The lowest BCUT2D eigenvalue weighted by Gasteiger charge is -2.25. The van der Waals surface area contributed by atoms with E-state index in [0.29, 0.717) is 24.2 Å².